The Morgan fingerprint density at radius 2 is 1.68 bits per heavy atom. The van der Waals surface area contributed by atoms with Gasteiger partial charge in [-0.25, -0.2) is 4.98 Å². The number of methoxy groups -OCH3 is 1. The van der Waals surface area contributed by atoms with E-state index in [9.17, 15) is 0 Å². The first kappa shape index (κ1) is 17.0. The van der Waals surface area contributed by atoms with Crippen molar-refractivity contribution < 1.29 is 14.2 Å². The standard InChI is InChI=1S/C20H22N2O3/c1-3-24-16-11-7-8-12-17(16)25-18(15-9-5-4-6-10-15)19(23-2)20-21-13-14-22-20/h4-14,18-19H,3H2,1-2H3,(H,21,22)/t18-,19+/m0/s1. The first-order chi connectivity index (χ1) is 12.3. The predicted octanol–water partition coefficient (Wildman–Crippen LogP) is 4.32. The maximum absolute atomic E-state index is 6.35. The molecule has 5 heteroatoms. The summed E-state index contributed by atoms with van der Waals surface area (Å²) >= 11 is 0. The number of benzene rings is 2. The Kier molecular flexibility index (Phi) is 5.69. The van der Waals surface area contributed by atoms with Crippen LogP contribution in [0.2, 0.25) is 0 Å². The zero-order valence-corrected chi connectivity index (χ0v) is 14.4. The predicted molar refractivity (Wildman–Crippen MR) is 95.8 cm³/mol. The van der Waals surface area contributed by atoms with Crippen LogP contribution in [-0.2, 0) is 4.74 Å². The van der Waals surface area contributed by atoms with E-state index in [-0.39, 0.29) is 12.2 Å². The maximum Gasteiger partial charge on any atom is 0.162 e. The van der Waals surface area contributed by atoms with E-state index in [1.807, 2.05) is 61.5 Å². The van der Waals surface area contributed by atoms with Crippen molar-refractivity contribution in [1.82, 2.24) is 9.97 Å². The fourth-order valence-corrected chi connectivity index (χ4v) is 2.72. The molecule has 1 heterocycles. The molecule has 0 saturated carbocycles. The van der Waals surface area contributed by atoms with Gasteiger partial charge in [-0.2, -0.15) is 0 Å². The van der Waals surface area contributed by atoms with Gasteiger partial charge in [0.1, 0.15) is 5.82 Å². The van der Waals surface area contributed by atoms with Crippen LogP contribution in [-0.4, -0.2) is 23.7 Å². The Bertz CT molecular complexity index is 760. The van der Waals surface area contributed by atoms with Crippen LogP contribution in [0.15, 0.2) is 67.0 Å². The average molecular weight is 338 g/mol. The fourth-order valence-electron chi connectivity index (χ4n) is 2.72. The van der Waals surface area contributed by atoms with Crippen molar-refractivity contribution >= 4 is 0 Å². The van der Waals surface area contributed by atoms with Crippen LogP contribution in [0.4, 0.5) is 0 Å². The number of ether oxygens (including phenoxy) is 3. The number of H-pyrrole nitrogens is 1. The average Bonchev–Trinajstić information content (AvgIpc) is 3.18. The molecule has 1 N–H and O–H groups in total. The first-order valence-corrected chi connectivity index (χ1v) is 8.29. The fraction of sp³-hybridized carbons (Fsp3) is 0.250. The Morgan fingerprint density at radius 1 is 0.960 bits per heavy atom. The number of nitrogens with one attached hydrogen (secondary N) is 1. The number of hydrogen-bond acceptors (Lipinski definition) is 4. The Balaban J connectivity index is 1.97. The molecule has 0 bridgehead atoms. The van der Waals surface area contributed by atoms with Gasteiger partial charge >= 0.3 is 0 Å². The zero-order chi connectivity index (χ0) is 17.5. The number of aromatic amines is 1. The second-order valence-electron chi connectivity index (χ2n) is 5.46. The van der Waals surface area contributed by atoms with Crippen LogP contribution in [0.5, 0.6) is 11.5 Å². The van der Waals surface area contributed by atoms with Crippen LogP contribution in [0.1, 0.15) is 30.5 Å². The molecule has 5 nitrogen and oxygen atoms in total. The monoisotopic (exact) mass is 338 g/mol. The van der Waals surface area contributed by atoms with Crippen LogP contribution in [0.3, 0.4) is 0 Å². The van der Waals surface area contributed by atoms with Crippen molar-refractivity contribution in [1.29, 1.82) is 0 Å². The van der Waals surface area contributed by atoms with Crippen LogP contribution in [0.25, 0.3) is 0 Å². The SMILES string of the molecule is CCOc1ccccc1O[C@@H](c1ccccc1)[C@@H](OC)c1ncc[nH]1. The van der Waals surface area contributed by atoms with Gasteiger partial charge in [-0.3, -0.25) is 0 Å². The van der Waals surface area contributed by atoms with E-state index in [0.717, 1.165) is 5.56 Å². The minimum absolute atomic E-state index is 0.376. The summed E-state index contributed by atoms with van der Waals surface area (Å²) in [6, 6.07) is 17.6. The Labute approximate surface area is 147 Å². The number of para-hydroxylation sites is 2. The van der Waals surface area contributed by atoms with Gasteiger partial charge in [0.25, 0.3) is 0 Å². The smallest absolute Gasteiger partial charge is 0.162 e. The second kappa shape index (κ2) is 8.35. The van der Waals surface area contributed by atoms with Crippen molar-refractivity contribution in [3.8, 4) is 11.5 Å². The number of nitrogens with zero attached hydrogens (tertiary/aromatic N) is 1. The van der Waals surface area contributed by atoms with Gasteiger partial charge in [-0.15, -0.1) is 0 Å². The van der Waals surface area contributed by atoms with Crippen LogP contribution in [0, 0.1) is 0 Å². The summed E-state index contributed by atoms with van der Waals surface area (Å²) in [7, 11) is 1.65. The number of imidazole rings is 1. The highest BCUT2D eigenvalue weighted by Crippen LogP contribution is 2.37. The second-order valence-corrected chi connectivity index (χ2v) is 5.46. The van der Waals surface area contributed by atoms with E-state index < -0.39 is 0 Å². The minimum atomic E-state index is -0.382. The molecule has 1 aromatic heterocycles. The third kappa shape index (κ3) is 4.00. The van der Waals surface area contributed by atoms with Crippen molar-refractivity contribution in [3.05, 3.63) is 78.4 Å². The van der Waals surface area contributed by atoms with Gasteiger partial charge in [0.2, 0.25) is 0 Å². The number of hydrogen-bond donors (Lipinski definition) is 1. The van der Waals surface area contributed by atoms with Crippen LogP contribution >= 0.6 is 0 Å². The van der Waals surface area contributed by atoms with Gasteiger partial charge in [0.15, 0.2) is 23.7 Å². The van der Waals surface area contributed by atoms with Gasteiger partial charge in [0, 0.05) is 19.5 Å². The normalized spacial score (nSPS) is 13.2. The summed E-state index contributed by atoms with van der Waals surface area (Å²) in [6.07, 6.45) is 2.72. The molecule has 0 spiro atoms. The Morgan fingerprint density at radius 3 is 2.32 bits per heavy atom. The molecule has 2 atom stereocenters. The van der Waals surface area contributed by atoms with Gasteiger partial charge in [-0.05, 0) is 24.6 Å². The zero-order valence-electron chi connectivity index (χ0n) is 14.4. The quantitative estimate of drug-likeness (QED) is 0.665. The maximum atomic E-state index is 6.35. The molecule has 130 valence electrons. The molecule has 0 unspecified atom stereocenters. The van der Waals surface area contributed by atoms with Gasteiger partial charge in [-0.1, -0.05) is 42.5 Å². The van der Waals surface area contributed by atoms with E-state index in [4.69, 9.17) is 14.2 Å². The molecule has 0 aliphatic rings. The summed E-state index contributed by atoms with van der Waals surface area (Å²) in [5.41, 5.74) is 0.997. The summed E-state index contributed by atoms with van der Waals surface area (Å²) in [5, 5.41) is 0. The van der Waals surface area contributed by atoms with Crippen molar-refractivity contribution in [2.45, 2.75) is 19.1 Å². The van der Waals surface area contributed by atoms with Gasteiger partial charge in [0.05, 0.1) is 6.61 Å². The van der Waals surface area contributed by atoms with E-state index >= 15 is 0 Å². The molecule has 0 radical (unpaired) electrons. The number of rotatable bonds is 8. The van der Waals surface area contributed by atoms with Gasteiger partial charge < -0.3 is 19.2 Å². The van der Waals surface area contributed by atoms with E-state index in [1.165, 1.54) is 0 Å². The minimum Gasteiger partial charge on any atom is -0.490 e. The van der Waals surface area contributed by atoms with E-state index in [0.29, 0.717) is 23.9 Å². The van der Waals surface area contributed by atoms with E-state index in [2.05, 4.69) is 9.97 Å². The molecule has 2 aromatic carbocycles. The summed E-state index contributed by atoms with van der Waals surface area (Å²) in [6.45, 7) is 2.52. The molecule has 0 fully saturated rings. The van der Waals surface area contributed by atoms with E-state index in [1.54, 1.807) is 19.5 Å². The molecule has 0 saturated heterocycles. The molecular formula is C20H22N2O3. The first-order valence-electron chi connectivity index (χ1n) is 8.29. The topological polar surface area (TPSA) is 56.4 Å². The largest absolute Gasteiger partial charge is 0.490 e. The highest BCUT2D eigenvalue weighted by Gasteiger charge is 2.29. The molecule has 25 heavy (non-hydrogen) atoms. The summed E-state index contributed by atoms with van der Waals surface area (Å²) < 4.78 is 17.8. The van der Waals surface area contributed by atoms with Crippen molar-refractivity contribution in [2.75, 3.05) is 13.7 Å². The van der Waals surface area contributed by atoms with Crippen LogP contribution < -0.4 is 9.47 Å². The lowest BCUT2D eigenvalue weighted by Crippen LogP contribution is -2.20. The molecular weight excluding hydrogens is 316 g/mol. The Hall–Kier alpha value is -2.79. The van der Waals surface area contributed by atoms with Crippen molar-refractivity contribution in [2.24, 2.45) is 0 Å². The highest BCUT2D eigenvalue weighted by atomic mass is 16.6. The summed E-state index contributed by atoms with van der Waals surface area (Å²) in [5.74, 6) is 2.09. The molecule has 3 rings (SSSR count). The molecule has 3 aromatic rings. The summed E-state index contributed by atoms with van der Waals surface area (Å²) in [4.78, 5) is 7.46. The molecule has 0 aliphatic heterocycles. The lowest BCUT2D eigenvalue weighted by molar-refractivity contribution is -0.00706. The number of aromatic nitrogens is 2. The molecule has 0 aliphatic carbocycles. The lowest BCUT2D eigenvalue weighted by Gasteiger charge is -2.27. The highest BCUT2D eigenvalue weighted by molar-refractivity contribution is 5.40. The lowest BCUT2D eigenvalue weighted by atomic mass is 10.0. The van der Waals surface area contributed by atoms with Crippen molar-refractivity contribution in [3.63, 3.8) is 0 Å². The third-order valence-corrected chi connectivity index (χ3v) is 3.85. The molecule has 0 amide bonds. The third-order valence-electron chi connectivity index (χ3n) is 3.85.